The van der Waals surface area contributed by atoms with E-state index in [1.54, 1.807) is 0 Å². The zero-order chi connectivity index (χ0) is 11.1. The minimum Gasteiger partial charge on any atom is -0.458 e. The molecule has 1 saturated heterocycles. The molecule has 0 aromatic heterocycles. The molecule has 2 rings (SSSR count). The van der Waals surface area contributed by atoms with Crippen LogP contribution < -0.4 is 0 Å². The number of carbonyl (C=O) groups excluding carboxylic acids is 1. The van der Waals surface area contributed by atoms with Crippen molar-refractivity contribution < 1.29 is 22.7 Å². The molecule has 2 aliphatic rings. The fourth-order valence-corrected chi connectivity index (χ4v) is 2.29. The largest absolute Gasteiger partial charge is 0.458 e. The Hall–Kier alpha value is -1.00. The molecule has 2 nitrogen and oxygen atoms in total. The minimum atomic E-state index is -4.43. The topological polar surface area (TPSA) is 26.3 Å². The number of hydrogen-bond acceptors (Lipinski definition) is 2. The third-order valence-corrected chi connectivity index (χ3v) is 2.92. The molecular weight excluding hydrogens is 209 g/mol. The monoisotopic (exact) mass is 220 g/mol. The molecule has 1 heterocycles. The highest BCUT2D eigenvalue weighted by Gasteiger charge is 2.43. The van der Waals surface area contributed by atoms with E-state index in [2.05, 4.69) is 0 Å². The number of fused-ring (bicyclic) bond motifs is 1. The Labute approximate surface area is 85.1 Å². The van der Waals surface area contributed by atoms with Crippen LogP contribution in [0.4, 0.5) is 13.2 Å². The van der Waals surface area contributed by atoms with Gasteiger partial charge in [0.15, 0.2) is 0 Å². The molecule has 0 amide bonds. The lowest BCUT2D eigenvalue weighted by Gasteiger charge is -2.22. The Morgan fingerprint density at radius 1 is 1.27 bits per heavy atom. The van der Waals surface area contributed by atoms with E-state index in [9.17, 15) is 18.0 Å². The molecule has 15 heavy (non-hydrogen) atoms. The molecule has 1 saturated carbocycles. The Balaban J connectivity index is 2.24. The van der Waals surface area contributed by atoms with Gasteiger partial charge in [-0.2, -0.15) is 13.2 Å². The zero-order valence-electron chi connectivity index (χ0n) is 8.01. The van der Waals surface area contributed by atoms with E-state index >= 15 is 0 Å². The number of rotatable bonds is 0. The molecule has 5 heteroatoms. The summed E-state index contributed by atoms with van der Waals surface area (Å²) in [7, 11) is 0. The molecule has 2 fully saturated rings. The van der Waals surface area contributed by atoms with E-state index in [1.165, 1.54) is 0 Å². The SMILES string of the molecule is O=C1OC2CCCCC2/C1=C/C(F)(F)F. The maximum Gasteiger partial charge on any atom is 0.410 e. The van der Waals surface area contributed by atoms with Crippen LogP contribution in [0.25, 0.3) is 0 Å². The van der Waals surface area contributed by atoms with Gasteiger partial charge in [0, 0.05) is 17.6 Å². The lowest BCUT2D eigenvalue weighted by Crippen LogP contribution is -2.21. The van der Waals surface area contributed by atoms with Gasteiger partial charge in [0.2, 0.25) is 0 Å². The summed E-state index contributed by atoms with van der Waals surface area (Å²) in [6, 6.07) is 0. The fraction of sp³-hybridized carbons (Fsp3) is 0.700. The van der Waals surface area contributed by atoms with Gasteiger partial charge in [-0.15, -0.1) is 0 Å². The first-order valence-corrected chi connectivity index (χ1v) is 4.98. The molecule has 2 unspecified atom stereocenters. The van der Waals surface area contributed by atoms with Crippen LogP contribution in [0.5, 0.6) is 0 Å². The Morgan fingerprint density at radius 3 is 2.60 bits per heavy atom. The van der Waals surface area contributed by atoms with Gasteiger partial charge in [-0.25, -0.2) is 4.79 Å². The quantitative estimate of drug-likeness (QED) is 0.463. The van der Waals surface area contributed by atoms with Crippen molar-refractivity contribution in [2.45, 2.75) is 38.0 Å². The number of alkyl halides is 3. The van der Waals surface area contributed by atoms with E-state index in [0.717, 1.165) is 12.8 Å². The molecule has 0 N–H and O–H groups in total. The molecule has 1 aliphatic heterocycles. The van der Waals surface area contributed by atoms with Crippen molar-refractivity contribution in [1.82, 2.24) is 0 Å². The van der Waals surface area contributed by atoms with Crippen molar-refractivity contribution in [3.8, 4) is 0 Å². The Morgan fingerprint density at radius 2 is 1.93 bits per heavy atom. The van der Waals surface area contributed by atoms with E-state index in [1.807, 2.05) is 0 Å². The van der Waals surface area contributed by atoms with Crippen LogP contribution in [0.2, 0.25) is 0 Å². The third kappa shape index (κ3) is 2.16. The van der Waals surface area contributed by atoms with E-state index in [-0.39, 0.29) is 23.7 Å². The summed E-state index contributed by atoms with van der Waals surface area (Å²) in [5.41, 5.74) is -0.188. The predicted octanol–water partition coefficient (Wildman–Crippen LogP) is 2.59. The molecule has 0 bridgehead atoms. The van der Waals surface area contributed by atoms with Gasteiger partial charge in [-0.3, -0.25) is 0 Å². The molecule has 0 aromatic rings. The van der Waals surface area contributed by atoms with Gasteiger partial charge in [-0.1, -0.05) is 6.42 Å². The number of ether oxygens (including phenoxy) is 1. The lowest BCUT2D eigenvalue weighted by atomic mass is 9.83. The molecule has 2 atom stereocenters. The summed E-state index contributed by atoms with van der Waals surface area (Å²) in [6.07, 6.45) is -1.55. The number of allylic oxidation sites excluding steroid dienone is 1. The molecular formula is C10H11F3O2. The van der Waals surface area contributed by atoms with Gasteiger partial charge in [-0.05, 0) is 19.3 Å². The predicted molar refractivity (Wildman–Crippen MR) is 46.0 cm³/mol. The van der Waals surface area contributed by atoms with Crippen LogP contribution in [0.3, 0.4) is 0 Å². The molecule has 0 spiro atoms. The van der Waals surface area contributed by atoms with Crippen LogP contribution in [0.15, 0.2) is 11.6 Å². The zero-order valence-corrected chi connectivity index (χ0v) is 8.01. The normalized spacial score (nSPS) is 34.1. The van der Waals surface area contributed by atoms with Crippen molar-refractivity contribution >= 4 is 5.97 Å². The lowest BCUT2D eigenvalue weighted by molar-refractivity contribution is -0.140. The third-order valence-electron chi connectivity index (χ3n) is 2.92. The summed E-state index contributed by atoms with van der Waals surface area (Å²) < 4.78 is 41.4. The van der Waals surface area contributed by atoms with Gasteiger partial charge in [0.1, 0.15) is 6.10 Å². The van der Waals surface area contributed by atoms with Gasteiger partial charge >= 0.3 is 12.1 Å². The summed E-state index contributed by atoms with van der Waals surface area (Å²) in [5, 5.41) is 0. The fourth-order valence-electron chi connectivity index (χ4n) is 2.29. The molecule has 0 radical (unpaired) electrons. The molecule has 0 aromatic carbocycles. The second-order valence-electron chi connectivity index (χ2n) is 3.98. The summed E-state index contributed by atoms with van der Waals surface area (Å²) in [4.78, 5) is 11.2. The van der Waals surface area contributed by atoms with Crippen molar-refractivity contribution in [1.29, 1.82) is 0 Å². The van der Waals surface area contributed by atoms with Crippen molar-refractivity contribution in [3.05, 3.63) is 11.6 Å². The number of hydrogen-bond donors (Lipinski definition) is 0. The number of carbonyl (C=O) groups is 1. The van der Waals surface area contributed by atoms with E-state index in [4.69, 9.17) is 4.74 Å². The minimum absolute atomic E-state index is 0.103. The average molecular weight is 220 g/mol. The maximum atomic E-state index is 12.2. The highest BCUT2D eigenvalue weighted by Crippen LogP contribution is 2.39. The van der Waals surface area contributed by atoms with Crippen molar-refractivity contribution in [2.24, 2.45) is 5.92 Å². The average Bonchev–Trinajstić information content (AvgIpc) is 2.41. The smallest absolute Gasteiger partial charge is 0.410 e. The number of esters is 1. The standard InChI is InChI=1S/C10H11F3O2/c11-10(12,13)5-7-6-3-1-2-4-8(6)15-9(7)14/h5-6,8H,1-4H2/b7-5-. The highest BCUT2D eigenvalue weighted by molar-refractivity contribution is 5.91. The second kappa shape index (κ2) is 3.54. The Bertz CT molecular complexity index is 306. The maximum absolute atomic E-state index is 12.2. The summed E-state index contributed by atoms with van der Waals surface area (Å²) >= 11 is 0. The summed E-state index contributed by atoms with van der Waals surface area (Å²) in [5.74, 6) is -1.13. The van der Waals surface area contributed by atoms with E-state index < -0.39 is 12.1 Å². The Kier molecular flexibility index (Phi) is 2.48. The van der Waals surface area contributed by atoms with Gasteiger partial charge < -0.3 is 4.74 Å². The number of halogens is 3. The van der Waals surface area contributed by atoms with Crippen LogP contribution in [-0.4, -0.2) is 18.2 Å². The van der Waals surface area contributed by atoms with Crippen LogP contribution in [0, 0.1) is 5.92 Å². The highest BCUT2D eigenvalue weighted by atomic mass is 19.4. The van der Waals surface area contributed by atoms with Crippen LogP contribution >= 0.6 is 0 Å². The first kappa shape index (κ1) is 10.5. The van der Waals surface area contributed by atoms with Crippen LogP contribution in [-0.2, 0) is 9.53 Å². The van der Waals surface area contributed by atoms with Gasteiger partial charge in [0.05, 0.1) is 0 Å². The first-order valence-electron chi connectivity index (χ1n) is 4.98. The first-order chi connectivity index (χ1) is 6.97. The van der Waals surface area contributed by atoms with Crippen molar-refractivity contribution in [3.63, 3.8) is 0 Å². The molecule has 1 aliphatic carbocycles. The second-order valence-corrected chi connectivity index (χ2v) is 3.98. The molecule has 84 valence electrons. The van der Waals surface area contributed by atoms with Crippen LogP contribution in [0.1, 0.15) is 25.7 Å². The van der Waals surface area contributed by atoms with Crippen molar-refractivity contribution in [2.75, 3.05) is 0 Å². The summed E-state index contributed by atoms with van der Waals surface area (Å²) in [6.45, 7) is 0. The van der Waals surface area contributed by atoms with E-state index in [0.29, 0.717) is 12.8 Å². The van der Waals surface area contributed by atoms with Gasteiger partial charge in [0.25, 0.3) is 0 Å².